The van der Waals surface area contributed by atoms with Crippen LogP contribution in [0.1, 0.15) is 30.6 Å². The molecule has 1 fully saturated rings. The highest BCUT2D eigenvalue weighted by molar-refractivity contribution is 5.99. The molecule has 0 spiro atoms. The lowest BCUT2D eigenvalue weighted by Gasteiger charge is -2.08. The summed E-state index contributed by atoms with van der Waals surface area (Å²) in [6, 6.07) is 4.52. The molecule has 2 N–H and O–H groups in total. The minimum atomic E-state index is -0.523. The van der Waals surface area contributed by atoms with Crippen LogP contribution in [0.4, 0.5) is 11.4 Å². The van der Waals surface area contributed by atoms with Gasteiger partial charge in [-0.25, -0.2) is 0 Å². The van der Waals surface area contributed by atoms with Crippen molar-refractivity contribution in [3.63, 3.8) is 0 Å². The maximum absolute atomic E-state index is 12.1. The lowest BCUT2D eigenvalue weighted by atomic mass is 10.1. The third-order valence-corrected chi connectivity index (χ3v) is 3.62. The van der Waals surface area contributed by atoms with Gasteiger partial charge in [-0.15, -0.1) is 0 Å². The summed E-state index contributed by atoms with van der Waals surface area (Å²) in [5, 5.41) is 16.8. The highest BCUT2D eigenvalue weighted by Crippen LogP contribution is 2.36. The molecule has 0 bridgehead atoms. The van der Waals surface area contributed by atoms with E-state index in [0.717, 1.165) is 6.42 Å². The first-order chi connectivity index (χ1) is 9.52. The fourth-order valence-corrected chi connectivity index (χ4v) is 2.19. The minimum absolute atomic E-state index is 0.113. The lowest BCUT2D eigenvalue weighted by molar-refractivity contribution is -0.385. The molecular formula is C14H19N3O3. The predicted octanol–water partition coefficient (Wildman–Crippen LogP) is 2.41. The average molecular weight is 277 g/mol. The number of rotatable bonds is 6. The van der Waals surface area contributed by atoms with Crippen molar-refractivity contribution >= 4 is 17.3 Å². The summed E-state index contributed by atoms with van der Waals surface area (Å²) in [6.45, 7) is 5.34. The first-order valence-electron chi connectivity index (χ1n) is 6.83. The van der Waals surface area contributed by atoms with Gasteiger partial charge in [-0.3, -0.25) is 14.9 Å². The van der Waals surface area contributed by atoms with Crippen molar-refractivity contribution in [2.45, 2.75) is 20.3 Å². The van der Waals surface area contributed by atoms with E-state index < -0.39 is 4.92 Å². The summed E-state index contributed by atoms with van der Waals surface area (Å²) in [5.41, 5.74) is 0.665. The fraction of sp³-hybridized carbons (Fsp3) is 0.500. The second-order valence-corrected chi connectivity index (χ2v) is 5.20. The molecule has 0 aromatic heterocycles. The van der Waals surface area contributed by atoms with Crippen molar-refractivity contribution in [3.05, 3.63) is 33.9 Å². The zero-order valence-corrected chi connectivity index (χ0v) is 11.7. The number of anilines is 1. The average Bonchev–Trinajstić information content (AvgIpc) is 3.12. The first-order valence-corrected chi connectivity index (χ1v) is 6.83. The molecule has 0 aliphatic heterocycles. The van der Waals surface area contributed by atoms with Crippen LogP contribution in [0.25, 0.3) is 0 Å². The quantitative estimate of drug-likeness (QED) is 0.617. The first kappa shape index (κ1) is 14.3. The number of nitrogens with zero attached hydrogens (tertiary/aromatic N) is 1. The number of nitro benzene ring substituents is 1. The Bertz CT molecular complexity index is 530. The zero-order chi connectivity index (χ0) is 14.7. The van der Waals surface area contributed by atoms with Gasteiger partial charge in [-0.2, -0.15) is 0 Å². The van der Waals surface area contributed by atoms with Gasteiger partial charge in [0.2, 0.25) is 0 Å². The summed E-state index contributed by atoms with van der Waals surface area (Å²) in [4.78, 5) is 22.6. The van der Waals surface area contributed by atoms with Gasteiger partial charge in [-0.05, 0) is 37.3 Å². The van der Waals surface area contributed by atoms with Gasteiger partial charge in [0.15, 0.2) is 0 Å². The number of carbonyl (C=O) groups excluding carboxylic acids is 1. The standard InChI is InChI=1S/C14H19N3O3/c1-3-15-11-4-5-13(17(19)20)12(7-11)14(18)16-8-10-6-9(10)2/h4-5,7,9-10,15H,3,6,8H2,1-2H3,(H,16,18). The Morgan fingerprint density at radius 3 is 2.75 bits per heavy atom. The Kier molecular flexibility index (Phi) is 4.22. The molecule has 1 aromatic rings. The molecule has 1 aromatic carbocycles. The lowest BCUT2D eigenvalue weighted by Crippen LogP contribution is -2.26. The molecule has 20 heavy (non-hydrogen) atoms. The highest BCUT2D eigenvalue weighted by Gasteiger charge is 2.33. The molecule has 6 heteroatoms. The number of amides is 1. The van der Waals surface area contributed by atoms with E-state index in [1.54, 1.807) is 6.07 Å². The number of nitrogens with one attached hydrogen (secondary N) is 2. The van der Waals surface area contributed by atoms with E-state index in [-0.39, 0.29) is 17.2 Å². The van der Waals surface area contributed by atoms with Crippen LogP contribution in [0.5, 0.6) is 0 Å². The van der Waals surface area contributed by atoms with Gasteiger partial charge in [-0.1, -0.05) is 6.92 Å². The molecule has 1 amide bonds. The number of benzene rings is 1. The number of hydrogen-bond acceptors (Lipinski definition) is 4. The molecule has 6 nitrogen and oxygen atoms in total. The molecule has 0 radical (unpaired) electrons. The maximum Gasteiger partial charge on any atom is 0.282 e. The Balaban J connectivity index is 2.15. The molecule has 2 rings (SSSR count). The Hall–Kier alpha value is -2.11. The summed E-state index contributed by atoms with van der Waals surface area (Å²) in [6.07, 6.45) is 1.11. The third kappa shape index (κ3) is 3.26. The van der Waals surface area contributed by atoms with Crippen molar-refractivity contribution in [2.75, 3.05) is 18.4 Å². The third-order valence-electron chi connectivity index (χ3n) is 3.62. The zero-order valence-electron chi connectivity index (χ0n) is 11.7. The second kappa shape index (κ2) is 5.90. The van der Waals surface area contributed by atoms with E-state index in [9.17, 15) is 14.9 Å². The van der Waals surface area contributed by atoms with Crippen LogP contribution in [0.15, 0.2) is 18.2 Å². The van der Waals surface area contributed by atoms with Gasteiger partial charge in [0, 0.05) is 24.8 Å². The van der Waals surface area contributed by atoms with Crippen molar-refractivity contribution in [1.29, 1.82) is 0 Å². The number of carbonyl (C=O) groups is 1. The predicted molar refractivity (Wildman–Crippen MR) is 76.9 cm³/mol. The number of hydrogen-bond donors (Lipinski definition) is 2. The van der Waals surface area contributed by atoms with E-state index in [0.29, 0.717) is 30.6 Å². The molecular weight excluding hydrogens is 258 g/mol. The van der Waals surface area contributed by atoms with Crippen LogP contribution in [0.3, 0.4) is 0 Å². The van der Waals surface area contributed by atoms with Crippen LogP contribution in [0.2, 0.25) is 0 Å². The van der Waals surface area contributed by atoms with Crippen LogP contribution in [-0.2, 0) is 0 Å². The molecule has 0 saturated heterocycles. The molecule has 108 valence electrons. The van der Waals surface area contributed by atoms with Crippen LogP contribution >= 0.6 is 0 Å². The van der Waals surface area contributed by atoms with Gasteiger partial charge in [0.05, 0.1) is 4.92 Å². The van der Waals surface area contributed by atoms with Crippen molar-refractivity contribution < 1.29 is 9.72 Å². The Morgan fingerprint density at radius 2 is 2.20 bits per heavy atom. The van der Waals surface area contributed by atoms with Crippen molar-refractivity contribution in [3.8, 4) is 0 Å². The van der Waals surface area contributed by atoms with Gasteiger partial charge >= 0.3 is 0 Å². The number of nitro groups is 1. The molecule has 2 atom stereocenters. The topological polar surface area (TPSA) is 84.3 Å². The van der Waals surface area contributed by atoms with E-state index in [1.165, 1.54) is 12.1 Å². The van der Waals surface area contributed by atoms with Gasteiger partial charge < -0.3 is 10.6 Å². The van der Waals surface area contributed by atoms with Crippen molar-refractivity contribution in [1.82, 2.24) is 5.32 Å². The minimum Gasteiger partial charge on any atom is -0.385 e. The molecule has 2 unspecified atom stereocenters. The van der Waals surface area contributed by atoms with Crippen LogP contribution in [0, 0.1) is 22.0 Å². The van der Waals surface area contributed by atoms with Crippen LogP contribution < -0.4 is 10.6 Å². The molecule has 0 heterocycles. The Morgan fingerprint density at radius 1 is 1.50 bits per heavy atom. The molecule has 1 aliphatic rings. The summed E-state index contributed by atoms with van der Waals surface area (Å²) < 4.78 is 0. The van der Waals surface area contributed by atoms with Gasteiger partial charge in [0.25, 0.3) is 11.6 Å². The largest absolute Gasteiger partial charge is 0.385 e. The van der Waals surface area contributed by atoms with E-state index in [2.05, 4.69) is 17.6 Å². The molecule has 1 saturated carbocycles. The summed E-state index contributed by atoms with van der Waals surface area (Å²) >= 11 is 0. The van der Waals surface area contributed by atoms with Crippen LogP contribution in [-0.4, -0.2) is 23.9 Å². The summed E-state index contributed by atoms with van der Waals surface area (Å²) in [5.74, 6) is 0.767. The van der Waals surface area contributed by atoms with Gasteiger partial charge in [0.1, 0.15) is 5.56 Å². The molecule has 1 aliphatic carbocycles. The summed E-state index contributed by atoms with van der Waals surface area (Å²) in [7, 11) is 0. The van der Waals surface area contributed by atoms with E-state index in [1.807, 2.05) is 6.92 Å². The van der Waals surface area contributed by atoms with Crippen molar-refractivity contribution in [2.24, 2.45) is 11.8 Å². The smallest absolute Gasteiger partial charge is 0.282 e. The maximum atomic E-state index is 12.1. The van der Waals surface area contributed by atoms with E-state index >= 15 is 0 Å². The SMILES string of the molecule is CCNc1ccc([N+](=O)[O-])c(C(=O)NCC2CC2C)c1. The second-order valence-electron chi connectivity index (χ2n) is 5.20. The highest BCUT2D eigenvalue weighted by atomic mass is 16.6. The Labute approximate surface area is 117 Å². The monoisotopic (exact) mass is 277 g/mol. The fourth-order valence-electron chi connectivity index (χ4n) is 2.19. The normalized spacial score (nSPS) is 20.3. The van der Waals surface area contributed by atoms with E-state index in [4.69, 9.17) is 0 Å².